The van der Waals surface area contributed by atoms with Crippen molar-refractivity contribution in [2.24, 2.45) is 0 Å². The molecule has 1 aromatic heterocycles. The number of rotatable bonds is 5. The van der Waals surface area contributed by atoms with E-state index < -0.39 is 5.97 Å². The lowest BCUT2D eigenvalue weighted by atomic mass is 10.0. The van der Waals surface area contributed by atoms with Gasteiger partial charge in [0.2, 0.25) is 0 Å². The van der Waals surface area contributed by atoms with E-state index >= 15 is 0 Å². The molecule has 1 heterocycles. The third kappa shape index (κ3) is 3.79. The van der Waals surface area contributed by atoms with Crippen LogP contribution in [0.25, 0.3) is 6.08 Å². The van der Waals surface area contributed by atoms with Crippen LogP contribution in [-0.4, -0.2) is 22.1 Å². The van der Waals surface area contributed by atoms with Gasteiger partial charge >= 0.3 is 5.97 Å². The maximum absolute atomic E-state index is 12.1. The van der Waals surface area contributed by atoms with E-state index in [4.69, 9.17) is 9.63 Å². The summed E-state index contributed by atoms with van der Waals surface area (Å²) in [5.41, 5.74) is 1.89. The summed E-state index contributed by atoms with van der Waals surface area (Å²) in [7, 11) is 0. The number of hydrogen-bond donors (Lipinski definition) is 2. The largest absolute Gasteiger partial charge is 0.478 e. The topological polar surface area (TPSA) is 92.4 Å². The first-order chi connectivity index (χ1) is 10.1. The zero-order chi connectivity index (χ0) is 15.2. The van der Waals surface area contributed by atoms with Gasteiger partial charge in [0.1, 0.15) is 0 Å². The quantitative estimate of drug-likeness (QED) is 0.820. The summed E-state index contributed by atoms with van der Waals surface area (Å²) in [5, 5.41) is 14.9. The van der Waals surface area contributed by atoms with Crippen molar-refractivity contribution in [3.05, 3.63) is 59.0 Å². The highest BCUT2D eigenvalue weighted by Gasteiger charge is 2.11. The molecule has 6 heteroatoms. The summed E-state index contributed by atoms with van der Waals surface area (Å²) in [4.78, 5) is 22.7. The van der Waals surface area contributed by atoms with Crippen molar-refractivity contribution in [1.29, 1.82) is 0 Å². The Labute approximate surface area is 121 Å². The van der Waals surface area contributed by atoms with E-state index in [0.717, 1.165) is 6.08 Å². The van der Waals surface area contributed by atoms with Gasteiger partial charge in [-0.05, 0) is 30.2 Å². The van der Waals surface area contributed by atoms with Gasteiger partial charge in [0.25, 0.3) is 5.91 Å². The second-order valence-electron chi connectivity index (χ2n) is 4.35. The molecule has 1 aromatic carbocycles. The number of aromatic nitrogens is 1. The number of nitrogens with zero attached hydrogens (tertiary/aromatic N) is 1. The van der Waals surface area contributed by atoms with Crippen molar-refractivity contribution in [1.82, 2.24) is 10.5 Å². The first kappa shape index (κ1) is 14.5. The third-order valence-electron chi connectivity index (χ3n) is 2.94. The van der Waals surface area contributed by atoms with Crippen molar-refractivity contribution in [3.63, 3.8) is 0 Å². The molecular formula is C15H14N2O4. The molecule has 0 aliphatic heterocycles. The second-order valence-corrected chi connectivity index (χ2v) is 4.35. The molecule has 2 aromatic rings. The van der Waals surface area contributed by atoms with E-state index in [1.54, 1.807) is 31.2 Å². The van der Waals surface area contributed by atoms with Gasteiger partial charge in [-0.25, -0.2) is 4.79 Å². The Bertz CT molecular complexity index is 675. The Morgan fingerprint density at radius 2 is 2.19 bits per heavy atom. The number of benzene rings is 1. The summed E-state index contributed by atoms with van der Waals surface area (Å²) >= 11 is 0. The number of amides is 1. The molecule has 0 unspecified atom stereocenters. The summed E-state index contributed by atoms with van der Waals surface area (Å²) in [6.07, 6.45) is 4.01. The molecule has 0 aliphatic carbocycles. The average molecular weight is 286 g/mol. The van der Waals surface area contributed by atoms with E-state index in [-0.39, 0.29) is 12.5 Å². The van der Waals surface area contributed by atoms with Crippen LogP contribution in [0.2, 0.25) is 0 Å². The summed E-state index contributed by atoms with van der Waals surface area (Å²) in [6.45, 7) is 2.01. The Balaban J connectivity index is 2.13. The molecule has 0 bridgehead atoms. The van der Waals surface area contributed by atoms with Crippen molar-refractivity contribution >= 4 is 18.0 Å². The van der Waals surface area contributed by atoms with E-state index in [2.05, 4.69) is 10.5 Å². The lowest BCUT2D eigenvalue weighted by Crippen LogP contribution is -2.23. The molecule has 6 nitrogen and oxygen atoms in total. The Morgan fingerprint density at radius 1 is 1.38 bits per heavy atom. The smallest absolute Gasteiger partial charge is 0.328 e. The minimum atomic E-state index is -1.03. The normalized spacial score (nSPS) is 10.7. The SMILES string of the molecule is Cc1c(/C=C/C(=O)O)cccc1C(=O)NCc1ccno1. The number of aliphatic carboxylic acids is 1. The van der Waals surface area contributed by atoms with Crippen LogP contribution in [-0.2, 0) is 11.3 Å². The molecule has 108 valence electrons. The van der Waals surface area contributed by atoms with Gasteiger partial charge < -0.3 is 14.9 Å². The van der Waals surface area contributed by atoms with Crippen LogP contribution in [0.5, 0.6) is 0 Å². The average Bonchev–Trinajstić information content (AvgIpc) is 2.97. The predicted octanol–water partition coefficient (Wildman–Crippen LogP) is 2.01. The number of carboxylic acids is 1. The fourth-order valence-corrected chi connectivity index (χ4v) is 1.84. The molecule has 0 aliphatic rings. The van der Waals surface area contributed by atoms with Gasteiger partial charge in [-0.1, -0.05) is 17.3 Å². The highest BCUT2D eigenvalue weighted by molar-refractivity contribution is 5.96. The predicted molar refractivity (Wildman–Crippen MR) is 75.5 cm³/mol. The van der Waals surface area contributed by atoms with Crippen molar-refractivity contribution < 1.29 is 19.2 Å². The van der Waals surface area contributed by atoms with E-state index in [1.165, 1.54) is 12.3 Å². The van der Waals surface area contributed by atoms with Crippen LogP contribution in [0.3, 0.4) is 0 Å². The van der Waals surface area contributed by atoms with Crippen LogP contribution in [0.1, 0.15) is 27.2 Å². The molecule has 0 radical (unpaired) electrons. The molecule has 0 spiro atoms. The number of nitrogens with one attached hydrogen (secondary N) is 1. The fraction of sp³-hybridized carbons (Fsp3) is 0.133. The second kappa shape index (κ2) is 6.51. The van der Waals surface area contributed by atoms with Crippen LogP contribution in [0.4, 0.5) is 0 Å². The third-order valence-corrected chi connectivity index (χ3v) is 2.94. The first-order valence-electron chi connectivity index (χ1n) is 6.26. The van der Waals surface area contributed by atoms with E-state index in [0.29, 0.717) is 22.5 Å². The number of hydrogen-bond acceptors (Lipinski definition) is 4. The molecule has 0 atom stereocenters. The summed E-state index contributed by atoms with van der Waals surface area (Å²) in [5.74, 6) is -0.730. The lowest BCUT2D eigenvalue weighted by molar-refractivity contribution is -0.131. The van der Waals surface area contributed by atoms with Crippen molar-refractivity contribution in [2.45, 2.75) is 13.5 Å². The number of carbonyl (C=O) groups is 2. The number of carbonyl (C=O) groups excluding carboxylic acids is 1. The highest BCUT2D eigenvalue weighted by atomic mass is 16.5. The van der Waals surface area contributed by atoms with Crippen LogP contribution in [0, 0.1) is 6.92 Å². The standard InChI is InChI=1S/C15H14N2O4/c1-10-11(5-6-14(18)19)3-2-4-13(10)15(20)16-9-12-7-8-17-21-12/h2-8H,9H2,1H3,(H,16,20)(H,18,19)/b6-5+. The van der Waals surface area contributed by atoms with E-state index in [1.807, 2.05) is 0 Å². The lowest BCUT2D eigenvalue weighted by Gasteiger charge is -2.08. The molecule has 0 saturated carbocycles. The Hall–Kier alpha value is -2.89. The van der Waals surface area contributed by atoms with Crippen LogP contribution < -0.4 is 5.32 Å². The van der Waals surface area contributed by atoms with Gasteiger partial charge in [-0.15, -0.1) is 0 Å². The highest BCUT2D eigenvalue weighted by Crippen LogP contribution is 2.15. The van der Waals surface area contributed by atoms with Crippen LogP contribution >= 0.6 is 0 Å². The fourth-order valence-electron chi connectivity index (χ4n) is 1.84. The maximum Gasteiger partial charge on any atom is 0.328 e. The monoisotopic (exact) mass is 286 g/mol. The minimum absolute atomic E-state index is 0.244. The van der Waals surface area contributed by atoms with Crippen LogP contribution in [0.15, 0.2) is 41.1 Å². The van der Waals surface area contributed by atoms with Crippen molar-refractivity contribution in [2.75, 3.05) is 0 Å². The first-order valence-corrected chi connectivity index (χ1v) is 6.26. The van der Waals surface area contributed by atoms with Gasteiger partial charge in [0.05, 0.1) is 12.7 Å². The maximum atomic E-state index is 12.1. The molecule has 2 rings (SSSR count). The Kier molecular flexibility index (Phi) is 4.50. The van der Waals surface area contributed by atoms with Gasteiger partial charge in [0.15, 0.2) is 5.76 Å². The zero-order valence-electron chi connectivity index (χ0n) is 11.4. The molecular weight excluding hydrogens is 272 g/mol. The summed E-state index contributed by atoms with van der Waals surface area (Å²) < 4.78 is 4.90. The minimum Gasteiger partial charge on any atom is -0.478 e. The molecule has 21 heavy (non-hydrogen) atoms. The van der Waals surface area contributed by atoms with E-state index in [9.17, 15) is 9.59 Å². The zero-order valence-corrected chi connectivity index (χ0v) is 11.4. The molecule has 0 fully saturated rings. The van der Waals surface area contributed by atoms with Gasteiger partial charge in [0, 0.05) is 17.7 Å². The number of carboxylic acid groups (broad SMARTS) is 1. The molecule has 2 N–H and O–H groups in total. The van der Waals surface area contributed by atoms with Gasteiger partial charge in [-0.3, -0.25) is 4.79 Å². The summed E-state index contributed by atoms with van der Waals surface area (Å²) in [6, 6.07) is 6.81. The van der Waals surface area contributed by atoms with Gasteiger partial charge in [-0.2, -0.15) is 0 Å². The van der Waals surface area contributed by atoms with Crippen molar-refractivity contribution in [3.8, 4) is 0 Å². The molecule has 1 amide bonds. The molecule has 0 saturated heterocycles. The Morgan fingerprint density at radius 3 is 2.86 bits per heavy atom.